The van der Waals surface area contributed by atoms with Crippen LogP contribution < -0.4 is 10.6 Å². The van der Waals surface area contributed by atoms with E-state index in [2.05, 4.69) is 44.4 Å². The predicted molar refractivity (Wildman–Crippen MR) is 112 cm³/mol. The lowest BCUT2D eigenvalue weighted by molar-refractivity contribution is -0.119. The van der Waals surface area contributed by atoms with E-state index in [1.54, 1.807) is 7.11 Å². The van der Waals surface area contributed by atoms with Crippen molar-refractivity contribution in [2.24, 2.45) is 5.92 Å². The summed E-state index contributed by atoms with van der Waals surface area (Å²) in [4.78, 5) is 25.6. The molecule has 1 fully saturated rings. The van der Waals surface area contributed by atoms with Gasteiger partial charge in [0.05, 0.1) is 16.7 Å². The maximum Gasteiger partial charge on any atom is 0.412 e. The number of rotatable bonds is 4. The van der Waals surface area contributed by atoms with Crippen LogP contribution in [0.2, 0.25) is 0 Å². The molecule has 6 heteroatoms. The van der Waals surface area contributed by atoms with Crippen molar-refractivity contribution in [1.82, 2.24) is 10.6 Å². The van der Waals surface area contributed by atoms with Crippen molar-refractivity contribution in [3.8, 4) is 0 Å². The lowest BCUT2D eigenvalue weighted by Gasteiger charge is -2.42. The average molecular weight is 403 g/mol. The highest BCUT2D eigenvalue weighted by molar-refractivity contribution is 5.99. The van der Waals surface area contributed by atoms with Gasteiger partial charge in [0.15, 0.2) is 0 Å². The van der Waals surface area contributed by atoms with Gasteiger partial charge in [-0.15, -0.1) is 0 Å². The van der Waals surface area contributed by atoms with Crippen LogP contribution in [-0.4, -0.2) is 36.8 Å². The largest absolute Gasteiger partial charge is 0.412 e. The molecule has 1 saturated carbocycles. The molecular weight excluding hydrogens is 368 g/mol. The summed E-state index contributed by atoms with van der Waals surface area (Å²) in [5, 5.41) is 5.91. The van der Waals surface area contributed by atoms with E-state index in [-0.39, 0.29) is 17.4 Å². The number of carbonyl (C=O) groups excluding carboxylic acids is 2. The number of ether oxygens (including phenoxy) is 2. The lowest BCUT2D eigenvalue weighted by Crippen LogP contribution is -2.52. The number of carbonyl (C=O) groups is 2. The van der Waals surface area contributed by atoms with Crippen LogP contribution in [0.1, 0.15) is 66.7 Å². The second kappa shape index (κ2) is 7.98. The first-order valence-electron chi connectivity index (χ1n) is 10.6. The molecule has 1 aliphatic heterocycles. The molecule has 3 aliphatic rings. The highest BCUT2D eigenvalue weighted by atomic mass is 16.6. The van der Waals surface area contributed by atoms with Gasteiger partial charge in [0.25, 0.3) is 5.91 Å². The third kappa shape index (κ3) is 4.00. The van der Waals surface area contributed by atoms with Gasteiger partial charge in [0, 0.05) is 19.6 Å². The van der Waals surface area contributed by atoms with Gasteiger partial charge in [0.2, 0.25) is 0 Å². The van der Waals surface area contributed by atoms with Gasteiger partial charge in [-0.05, 0) is 66.7 Å². The van der Waals surface area contributed by atoms with Crippen LogP contribution >= 0.6 is 0 Å². The zero-order valence-corrected chi connectivity index (χ0v) is 18.5. The Balaban J connectivity index is 2.02. The molecule has 160 valence electrons. The van der Waals surface area contributed by atoms with Crippen molar-refractivity contribution in [2.75, 3.05) is 13.7 Å². The number of amides is 2. The van der Waals surface area contributed by atoms with Crippen molar-refractivity contribution in [3.05, 3.63) is 34.1 Å². The number of alkyl carbamates (subject to hydrolysis) is 1. The van der Waals surface area contributed by atoms with Gasteiger partial charge >= 0.3 is 6.09 Å². The predicted octanol–water partition coefficient (Wildman–Crippen LogP) is 4.14. The molecule has 0 aromatic rings. The molecule has 3 rings (SSSR count). The highest BCUT2D eigenvalue weighted by Crippen LogP contribution is 2.48. The van der Waals surface area contributed by atoms with Crippen LogP contribution in [0.5, 0.6) is 0 Å². The Kier molecular flexibility index (Phi) is 5.95. The summed E-state index contributed by atoms with van der Waals surface area (Å²) in [6.07, 6.45) is 5.35. The Morgan fingerprint density at radius 2 is 1.90 bits per heavy atom. The van der Waals surface area contributed by atoms with Gasteiger partial charge < -0.3 is 20.1 Å². The molecule has 1 unspecified atom stereocenters. The fraction of sp³-hybridized carbons (Fsp3) is 0.652. The van der Waals surface area contributed by atoms with E-state index in [0.717, 1.165) is 24.8 Å². The molecule has 2 N–H and O–H groups in total. The first-order valence-corrected chi connectivity index (χ1v) is 10.6. The van der Waals surface area contributed by atoms with Crippen molar-refractivity contribution >= 4 is 12.0 Å². The normalized spacial score (nSPS) is 32.4. The molecule has 0 saturated heterocycles. The summed E-state index contributed by atoms with van der Waals surface area (Å²) >= 11 is 0. The van der Waals surface area contributed by atoms with Crippen LogP contribution in [0.25, 0.3) is 0 Å². The molecule has 6 nitrogen and oxygen atoms in total. The number of hydrogen-bond donors (Lipinski definition) is 2. The summed E-state index contributed by atoms with van der Waals surface area (Å²) in [5.74, 6) is 0.324. The Morgan fingerprint density at radius 1 is 1.24 bits per heavy atom. The SMILES string of the molecule is CCNC(=O)OC1=C(C2CC(C)=C(C)C=C2C)C(=O)NC12CCC(C)(OC)CC2. The number of allylic oxidation sites excluding steroid dienone is 4. The van der Waals surface area contributed by atoms with Crippen LogP contribution in [0.4, 0.5) is 4.79 Å². The molecular formula is C23H34N2O4. The number of hydrogen-bond acceptors (Lipinski definition) is 4. The lowest BCUT2D eigenvalue weighted by atomic mass is 9.73. The molecule has 2 amide bonds. The van der Waals surface area contributed by atoms with Gasteiger partial charge in [-0.25, -0.2) is 4.79 Å². The van der Waals surface area contributed by atoms with Gasteiger partial charge in [-0.3, -0.25) is 4.79 Å². The topological polar surface area (TPSA) is 76.7 Å². The first kappa shape index (κ1) is 21.6. The quantitative estimate of drug-likeness (QED) is 0.741. The van der Waals surface area contributed by atoms with E-state index in [1.165, 1.54) is 11.1 Å². The molecule has 1 atom stereocenters. The van der Waals surface area contributed by atoms with Crippen LogP contribution in [0.3, 0.4) is 0 Å². The fourth-order valence-electron chi connectivity index (χ4n) is 4.73. The van der Waals surface area contributed by atoms with Gasteiger partial charge in [-0.1, -0.05) is 22.8 Å². The summed E-state index contributed by atoms with van der Waals surface area (Å²) in [6, 6.07) is 0. The minimum atomic E-state index is -0.639. The molecule has 2 aliphatic carbocycles. The van der Waals surface area contributed by atoms with E-state index in [0.29, 0.717) is 30.7 Å². The third-order valence-electron chi connectivity index (χ3n) is 6.97. The maximum atomic E-state index is 13.2. The van der Waals surface area contributed by atoms with Gasteiger partial charge in [0.1, 0.15) is 5.76 Å². The van der Waals surface area contributed by atoms with E-state index in [1.807, 2.05) is 6.92 Å². The monoisotopic (exact) mass is 402 g/mol. The summed E-state index contributed by atoms with van der Waals surface area (Å²) in [6.45, 7) is 10.7. The standard InChI is InChI=1S/C23H34N2O4/c1-7-24-21(27)29-19-18(17-13-15(3)14(2)12-16(17)4)20(26)25-23(19)10-8-22(5,28-6)9-11-23/h12,17H,7-11,13H2,1-6H3,(H,24,27)(H,25,26). The summed E-state index contributed by atoms with van der Waals surface area (Å²) in [5.41, 5.74) is 3.39. The maximum absolute atomic E-state index is 13.2. The number of nitrogens with one attached hydrogen (secondary N) is 2. The minimum absolute atomic E-state index is 0.0711. The van der Waals surface area contributed by atoms with Gasteiger partial charge in [-0.2, -0.15) is 0 Å². The zero-order valence-electron chi connectivity index (χ0n) is 18.5. The van der Waals surface area contributed by atoms with E-state index in [9.17, 15) is 9.59 Å². The van der Waals surface area contributed by atoms with Crippen molar-refractivity contribution < 1.29 is 19.1 Å². The second-order valence-corrected chi connectivity index (χ2v) is 8.96. The average Bonchev–Trinajstić information content (AvgIpc) is 2.93. The molecule has 0 bridgehead atoms. The fourth-order valence-corrected chi connectivity index (χ4v) is 4.73. The Morgan fingerprint density at radius 3 is 2.48 bits per heavy atom. The van der Waals surface area contributed by atoms with Crippen LogP contribution in [-0.2, 0) is 14.3 Å². The minimum Gasteiger partial charge on any atom is -0.412 e. The Bertz CT molecular complexity index is 798. The molecule has 0 aromatic heterocycles. The van der Waals surface area contributed by atoms with E-state index in [4.69, 9.17) is 9.47 Å². The van der Waals surface area contributed by atoms with E-state index >= 15 is 0 Å². The number of methoxy groups -OCH3 is 1. The zero-order chi connectivity index (χ0) is 21.4. The second-order valence-electron chi connectivity index (χ2n) is 8.96. The van der Waals surface area contributed by atoms with E-state index < -0.39 is 11.6 Å². The highest BCUT2D eigenvalue weighted by Gasteiger charge is 2.53. The first-order chi connectivity index (χ1) is 13.6. The van der Waals surface area contributed by atoms with Crippen LogP contribution in [0.15, 0.2) is 34.1 Å². The van der Waals surface area contributed by atoms with Crippen molar-refractivity contribution in [2.45, 2.75) is 77.9 Å². The molecule has 0 aromatic carbocycles. The molecule has 0 radical (unpaired) electrons. The van der Waals surface area contributed by atoms with Crippen molar-refractivity contribution in [3.63, 3.8) is 0 Å². The Labute approximate surface area is 173 Å². The smallest absolute Gasteiger partial charge is 0.412 e. The third-order valence-corrected chi connectivity index (χ3v) is 6.97. The molecule has 29 heavy (non-hydrogen) atoms. The molecule has 1 spiro atoms. The Hall–Kier alpha value is -2.08. The summed E-state index contributed by atoms with van der Waals surface area (Å²) < 4.78 is 11.5. The van der Waals surface area contributed by atoms with Crippen molar-refractivity contribution in [1.29, 1.82) is 0 Å². The molecule has 1 heterocycles. The van der Waals surface area contributed by atoms with Crippen LogP contribution in [0, 0.1) is 5.92 Å². The summed E-state index contributed by atoms with van der Waals surface area (Å²) in [7, 11) is 1.73.